The minimum absolute atomic E-state index is 0.588. The first-order chi connectivity index (χ1) is 10.2. The lowest BCUT2D eigenvalue weighted by molar-refractivity contribution is 0.237. The summed E-state index contributed by atoms with van der Waals surface area (Å²) >= 11 is 2.02. The van der Waals surface area contributed by atoms with Crippen molar-refractivity contribution < 1.29 is 0 Å². The summed E-state index contributed by atoms with van der Waals surface area (Å²) in [6, 6.07) is 10.3. The maximum absolute atomic E-state index is 4.00. The fourth-order valence-corrected chi connectivity index (χ4v) is 5.25. The van der Waals surface area contributed by atoms with Crippen molar-refractivity contribution in [1.29, 1.82) is 0 Å². The first-order valence-corrected chi connectivity index (χ1v) is 9.68. The molecule has 3 atom stereocenters. The van der Waals surface area contributed by atoms with Gasteiger partial charge < -0.3 is 5.32 Å². The lowest BCUT2D eigenvalue weighted by atomic mass is 9.80. The van der Waals surface area contributed by atoms with Crippen molar-refractivity contribution >= 4 is 11.8 Å². The van der Waals surface area contributed by atoms with Crippen molar-refractivity contribution in [2.75, 3.05) is 5.75 Å². The maximum atomic E-state index is 4.00. The van der Waals surface area contributed by atoms with E-state index in [1.54, 1.807) is 5.56 Å². The molecule has 1 N–H and O–H groups in total. The molecule has 116 valence electrons. The summed E-state index contributed by atoms with van der Waals surface area (Å²) in [5.41, 5.74) is 1.54. The van der Waals surface area contributed by atoms with E-state index in [0.29, 0.717) is 6.04 Å². The highest BCUT2D eigenvalue weighted by molar-refractivity contribution is 7.99. The predicted octanol–water partition coefficient (Wildman–Crippen LogP) is 5.42. The zero-order valence-electron chi connectivity index (χ0n) is 13.5. The van der Waals surface area contributed by atoms with Crippen LogP contribution in [0.15, 0.2) is 29.2 Å². The van der Waals surface area contributed by atoms with Crippen molar-refractivity contribution in [3.63, 3.8) is 0 Å². The van der Waals surface area contributed by atoms with Crippen LogP contribution >= 0.6 is 11.8 Å². The van der Waals surface area contributed by atoms with Gasteiger partial charge in [-0.15, -0.1) is 11.8 Å². The van der Waals surface area contributed by atoms with Crippen LogP contribution in [0, 0.1) is 11.8 Å². The molecular weight excluding hydrogens is 274 g/mol. The van der Waals surface area contributed by atoms with E-state index in [-0.39, 0.29) is 0 Å². The van der Waals surface area contributed by atoms with Gasteiger partial charge in [0.15, 0.2) is 0 Å². The van der Waals surface area contributed by atoms with E-state index >= 15 is 0 Å². The number of fused-ring (bicyclic) bond motifs is 1. The number of hydrogen-bond donors (Lipinski definition) is 1. The third-order valence-electron chi connectivity index (χ3n) is 4.98. The Hall–Kier alpha value is -0.470. The van der Waals surface area contributed by atoms with Crippen molar-refractivity contribution in [3.05, 3.63) is 29.8 Å². The van der Waals surface area contributed by atoms with Crippen LogP contribution in [0.25, 0.3) is 0 Å². The third kappa shape index (κ3) is 4.04. The molecule has 0 spiro atoms. The Bertz CT molecular complexity index is 457. The molecule has 1 aromatic rings. The molecule has 2 heteroatoms. The molecule has 0 radical (unpaired) electrons. The second kappa shape index (κ2) is 7.19. The maximum Gasteiger partial charge on any atom is 0.0341 e. The van der Waals surface area contributed by atoms with E-state index < -0.39 is 0 Å². The molecule has 2 aliphatic rings. The Morgan fingerprint density at radius 2 is 2.05 bits per heavy atom. The zero-order valence-corrected chi connectivity index (χ0v) is 14.3. The van der Waals surface area contributed by atoms with Crippen LogP contribution in [-0.2, 0) is 0 Å². The molecule has 3 rings (SSSR count). The summed E-state index contributed by atoms with van der Waals surface area (Å²) in [7, 11) is 0. The van der Waals surface area contributed by atoms with Crippen LogP contribution in [0.1, 0.15) is 64.0 Å². The number of benzene rings is 1. The minimum Gasteiger partial charge on any atom is -0.307 e. The molecular formula is C19H29NS. The first kappa shape index (κ1) is 15.4. The molecule has 1 aliphatic heterocycles. The van der Waals surface area contributed by atoms with Gasteiger partial charge in [0.05, 0.1) is 0 Å². The molecule has 3 unspecified atom stereocenters. The smallest absolute Gasteiger partial charge is 0.0341 e. The molecule has 0 bridgehead atoms. The fraction of sp³-hybridized carbons (Fsp3) is 0.684. The zero-order chi connectivity index (χ0) is 14.7. The van der Waals surface area contributed by atoms with Crippen LogP contribution in [0.4, 0.5) is 0 Å². The van der Waals surface area contributed by atoms with Crippen molar-refractivity contribution in [3.8, 4) is 0 Å². The summed E-state index contributed by atoms with van der Waals surface area (Å²) in [5, 5.41) is 4.00. The van der Waals surface area contributed by atoms with Crippen molar-refractivity contribution in [2.45, 2.75) is 69.4 Å². The Labute approximate surface area is 134 Å². The monoisotopic (exact) mass is 303 g/mol. The summed E-state index contributed by atoms with van der Waals surface area (Å²) in [6.45, 7) is 4.73. The molecule has 0 saturated heterocycles. The van der Waals surface area contributed by atoms with Gasteiger partial charge in [-0.3, -0.25) is 0 Å². The van der Waals surface area contributed by atoms with E-state index in [1.165, 1.54) is 49.2 Å². The van der Waals surface area contributed by atoms with E-state index in [0.717, 1.165) is 17.9 Å². The molecule has 1 aliphatic carbocycles. The largest absolute Gasteiger partial charge is 0.307 e. The normalized spacial score (nSPS) is 29.4. The molecule has 0 amide bonds. The highest BCUT2D eigenvalue weighted by Gasteiger charge is 2.27. The van der Waals surface area contributed by atoms with Gasteiger partial charge in [0, 0.05) is 17.0 Å². The van der Waals surface area contributed by atoms with Gasteiger partial charge in [0.25, 0.3) is 0 Å². The Morgan fingerprint density at radius 3 is 2.90 bits per heavy atom. The average molecular weight is 304 g/mol. The van der Waals surface area contributed by atoms with E-state index in [4.69, 9.17) is 0 Å². The number of thioether (sulfide) groups is 1. The SMILES string of the molecule is CC(C)CC1CCCC(NC2CCSc3ccccc32)C1. The van der Waals surface area contributed by atoms with E-state index in [2.05, 4.69) is 43.4 Å². The average Bonchev–Trinajstić information content (AvgIpc) is 2.47. The van der Waals surface area contributed by atoms with Crippen LogP contribution in [0.5, 0.6) is 0 Å². The third-order valence-corrected chi connectivity index (χ3v) is 6.11. The standard InChI is InChI=1S/C19H29NS/c1-14(2)12-15-6-5-7-16(13-15)20-18-10-11-21-19-9-4-3-8-17(18)19/h3-4,8-9,14-16,18,20H,5-7,10-13H2,1-2H3. The highest BCUT2D eigenvalue weighted by Crippen LogP contribution is 2.37. The molecule has 1 nitrogen and oxygen atoms in total. The van der Waals surface area contributed by atoms with Crippen LogP contribution in [0.3, 0.4) is 0 Å². The quantitative estimate of drug-likeness (QED) is 0.797. The van der Waals surface area contributed by atoms with Gasteiger partial charge in [-0.1, -0.05) is 44.9 Å². The van der Waals surface area contributed by atoms with Crippen molar-refractivity contribution in [1.82, 2.24) is 5.32 Å². The van der Waals surface area contributed by atoms with E-state index in [9.17, 15) is 0 Å². The second-order valence-corrected chi connectivity index (χ2v) is 8.39. The van der Waals surface area contributed by atoms with Crippen LogP contribution in [-0.4, -0.2) is 11.8 Å². The van der Waals surface area contributed by atoms with E-state index in [1.807, 2.05) is 11.8 Å². The van der Waals surface area contributed by atoms with Gasteiger partial charge >= 0.3 is 0 Å². The Kier molecular flexibility index (Phi) is 5.29. The number of rotatable bonds is 4. The van der Waals surface area contributed by atoms with Gasteiger partial charge in [-0.2, -0.15) is 0 Å². The topological polar surface area (TPSA) is 12.0 Å². The fourth-order valence-electron chi connectivity index (χ4n) is 4.12. The minimum atomic E-state index is 0.588. The molecule has 0 aromatic heterocycles. The Morgan fingerprint density at radius 1 is 1.19 bits per heavy atom. The summed E-state index contributed by atoms with van der Waals surface area (Å²) in [6.07, 6.45) is 8.33. The first-order valence-electron chi connectivity index (χ1n) is 8.70. The van der Waals surface area contributed by atoms with Crippen LogP contribution < -0.4 is 5.32 Å². The van der Waals surface area contributed by atoms with Gasteiger partial charge in [-0.25, -0.2) is 0 Å². The Balaban J connectivity index is 1.62. The summed E-state index contributed by atoms with van der Waals surface area (Å²) < 4.78 is 0. The van der Waals surface area contributed by atoms with Gasteiger partial charge in [0.2, 0.25) is 0 Å². The molecule has 1 saturated carbocycles. The molecule has 1 aromatic carbocycles. The number of nitrogens with one attached hydrogen (secondary N) is 1. The van der Waals surface area contributed by atoms with Crippen LogP contribution in [0.2, 0.25) is 0 Å². The lowest BCUT2D eigenvalue weighted by Crippen LogP contribution is -2.38. The van der Waals surface area contributed by atoms with Crippen molar-refractivity contribution in [2.24, 2.45) is 11.8 Å². The molecule has 1 fully saturated rings. The highest BCUT2D eigenvalue weighted by atomic mass is 32.2. The number of hydrogen-bond acceptors (Lipinski definition) is 2. The second-order valence-electron chi connectivity index (χ2n) is 7.25. The molecule has 21 heavy (non-hydrogen) atoms. The van der Waals surface area contributed by atoms with Gasteiger partial charge in [-0.05, 0) is 54.9 Å². The molecule has 1 heterocycles. The van der Waals surface area contributed by atoms with Gasteiger partial charge in [0.1, 0.15) is 0 Å². The predicted molar refractivity (Wildman–Crippen MR) is 92.9 cm³/mol. The summed E-state index contributed by atoms with van der Waals surface area (Å²) in [5.74, 6) is 3.06. The lowest BCUT2D eigenvalue weighted by Gasteiger charge is -2.35. The summed E-state index contributed by atoms with van der Waals surface area (Å²) in [4.78, 5) is 1.50.